The van der Waals surface area contributed by atoms with Gasteiger partial charge in [0.05, 0.1) is 28.1 Å². The number of ether oxygens (including phenoxy) is 1. The molecule has 4 aromatic rings. The number of carbonyl (C=O) groups excluding carboxylic acids is 1. The van der Waals surface area contributed by atoms with Crippen LogP contribution >= 0.6 is 35.3 Å². The van der Waals surface area contributed by atoms with Crippen LogP contribution in [-0.4, -0.2) is 39.0 Å². The zero-order chi connectivity index (χ0) is 24.1. The number of hydrogen-bond acceptors (Lipinski definition) is 7. The van der Waals surface area contributed by atoms with E-state index in [0.717, 1.165) is 4.70 Å². The molecule has 2 aromatic heterocycles. The number of carbonyl (C=O) groups is 1. The Labute approximate surface area is 216 Å². The van der Waals surface area contributed by atoms with Crippen LogP contribution in [0.2, 0.25) is 5.02 Å². The molecule has 182 valence electrons. The third-order valence-corrected chi connectivity index (χ3v) is 6.56. The smallest absolute Gasteiger partial charge is 0.270 e. The van der Waals surface area contributed by atoms with Crippen LogP contribution in [0.15, 0.2) is 61.2 Å². The summed E-state index contributed by atoms with van der Waals surface area (Å²) in [5, 5.41) is 12.0. The molecule has 0 saturated carbocycles. The first-order valence-corrected chi connectivity index (χ1v) is 11.5. The number of rotatable bonds is 9. The van der Waals surface area contributed by atoms with Gasteiger partial charge in [-0.2, -0.15) is 0 Å². The van der Waals surface area contributed by atoms with Crippen molar-refractivity contribution in [1.82, 2.24) is 14.5 Å². The van der Waals surface area contributed by atoms with Crippen molar-refractivity contribution in [2.45, 2.75) is 13.0 Å². The highest BCUT2D eigenvalue weighted by Crippen LogP contribution is 2.38. The lowest BCUT2D eigenvalue weighted by molar-refractivity contribution is -0.384. The Bertz CT molecular complexity index is 1360. The molecular formula is C23H21Cl2N5O4S. The Morgan fingerprint density at radius 1 is 1.34 bits per heavy atom. The van der Waals surface area contributed by atoms with Crippen LogP contribution in [0.5, 0.6) is 5.75 Å². The van der Waals surface area contributed by atoms with E-state index >= 15 is 0 Å². The number of thiazole rings is 1. The predicted molar refractivity (Wildman–Crippen MR) is 140 cm³/mol. The summed E-state index contributed by atoms with van der Waals surface area (Å²) in [5.41, 5.74) is 1.10. The zero-order valence-electron chi connectivity index (χ0n) is 18.5. The van der Waals surface area contributed by atoms with Crippen molar-refractivity contribution >= 4 is 68.4 Å². The Hall–Kier alpha value is -3.47. The number of hydrogen-bond donors (Lipinski definition) is 0. The lowest BCUT2D eigenvalue weighted by Crippen LogP contribution is -2.30. The minimum absolute atomic E-state index is 0. The van der Waals surface area contributed by atoms with Crippen LogP contribution in [-0.2, 0) is 11.3 Å². The van der Waals surface area contributed by atoms with Gasteiger partial charge in [-0.25, -0.2) is 9.97 Å². The molecule has 35 heavy (non-hydrogen) atoms. The molecule has 0 saturated heterocycles. The van der Waals surface area contributed by atoms with E-state index in [4.69, 9.17) is 16.3 Å². The van der Waals surface area contributed by atoms with E-state index in [9.17, 15) is 14.9 Å². The molecule has 0 radical (unpaired) electrons. The number of nitro benzene ring substituents is 1. The molecule has 0 unspecified atom stereocenters. The second-order valence-corrected chi connectivity index (χ2v) is 8.64. The highest BCUT2D eigenvalue weighted by atomic mass is 35.5. The van der Waals surface area contributed by atoms with Gasteiger partial charge in [-0.15, -0.1) is 12.4 Å². The van der Waals surface area contributed by atoms with E-state index in [2.05, 4.69) is 9.97 Å². The summed E-state index contributed by atoms with van der Waals surface area (Å²) in [4.78, 5) is 34.1. The fourth-order valence-electron chi connectivity index (χ4n) is 3.35. The summed E-state index contributed by atoms with van der Waals surface area (Å²) in [5.74, 6) is 0.270. The molecular weight excluding hydrogens is 513 g/mol. The normalized spacial score (nSPS) is 10.9. The molecule has 0 aliphatic carbocycles. The van der Waals surface area contributed by atoms with Crippen LogP contribution in [0.25, 0.3) is 16.3 Å². The summed E-state index contributed by atoms with van der Waals surface area (Å²) in [6.07, 6.45) is 8.88. The largest absolute Gasteiger partial charge is 0.494 e. The molecule has 0 atom stereocenters. The second kappa shape index (κ2) is 11.8. The van der Waals surface area contributed by atoms with Crippen LogP contribution in [0.3, 0.4) is 0 Å². The molecule has 12 heteroatoms. The molecule has 4 rings (SSSR count). The number of fused-ring (bicyclic) bond motifs is 1. The molecule has 0 fully saturated rings. The van der Waals surface area contributed by atoms with Crippen molar-refractivity contribution in [2.75, 3.05) is 18.6 Å². The van der Waals surface area contributed by atoms with Gasteiger partial charge in [-0.05, 0) is 30.2 Å². The summed E-state index contributed by atoms with van der Waals surface area (Å²) >= 11 is 7.67. The molecule has 0 aliphatic rings. The number of anilines is 1. The Balaban J connectivity index is 0.00000342. The van der Waals surface area contributed by atoms with Crippen molar-refractivity contribution in [3.63, 3.8) is 0 Å². The number of nitro groups is 1. The first-order valence-electron chi connectivity index (χ1n) is 10.3. The number of nitrogens with zero attached hydrogens (tertiary/aromatic N) is 5. The molecule has 9 nitrogen and oxygen atoms in total. The SMILES string of the molecule is COc1ccc(Cl)c2sc(N(CCCn3ccnc3)C(=O)/C=C/c3cccc([N+](=O)[O-])c3)nc12.Cl. The summed E-state index contributed by atoms with van der Waals surface area (Å²) in [6.45, 7) is 1.07. The Morgan fingerprint density at radius 3 is 2.89 bits per heavy atom. The van der Waals surface area contributed by atoms with Gasteiger partial charge in [0.2, 0.25) is 0 Å². The van der Waals surface area contributed by atoms with Crippen molar-refractivity contribution in [3.8, 4) is 5.75 Å². The molecule has 0 aliphatic heterocycles. The quantitative estimate of drug-likeness (QED) is 0.157. The van der Waals surface area contributed by atoms with Crippen molar-refractivity contribution in [3.05, 3.63) is 81.9 Å². The fraction of sp³-hybridized carbons (Fsp3) is 0.174. The molecule has 2 heterocycles. The highest BCUT2D eigenvalue weighted by molar-refractivity contribution is 7.23. The monoisotopic (exact) mass is 533 g/mol. The number of amides is 1. The van der Waals surface area contributed by atoms with Gasteiger partial charge in [0.25, 0.3) is 11.6 Å². The minimum atomic E-state index is -0.472. The summed E-state index contributed by atoms with van der Waals surface area (Å²) in [6, 6.07) is 9.56. The maximum absolute atomic E-state index is 13.2. The fourth-order valence-corrected chi connectivity index (χ4v) is 4.64. The van der Waals surface area contributed by atoms with E-state index in [1.165, 1.54) is 29.5 Å². The molecule has 2 aromatic carbocycles. The van der Waals surface area contributed by atoms with Gasteiger partial charge in [0, 0.05) is 43.7 Å². The van der Waals surface area contributed by atoms with Gasteiger partial charge in [-0.1, -0.05) is 35.1 Å². The molecule has 0 spiro atoms. The van der Waals surface area contributed by atoms with Crippen LogP contribution < -0.4 is 9.64 Å². The highest BCUT2D eigenvalue weighted by Gasteiger charge is 2.20. The number of imidazole rings is 1. The second-order valence-electron chi connectivity index (χ2n) is 7.25. The third kappa shape index (κ3) is 6.16. The lowest BCUT2D eigenvalue weighted by atomic mass is 10.2. The van der Waals surface area contributed by atoms with Crippen LogP contribution in [0, 0.1) is 10.1 Å². The summed E-state index contributed by atoms with van der Waals surface area (Å²) < 4.78 is 8.06. The molecule has 1 amide bonds. The first kappa shape index (κ1) is 26.1. The number of halogens is 2. The number of aryl methyl sites for hydroxylation is 1. The van der Waals surface area contributed by atoms with Gasteiger partial charge < -0.3 is 9.30 Å². The van der Waals surface area contributed by atoms with Crippen molar-refractivity contribution in [2.24, 2.45) is 0 Å². The van der Waals surface area contributed by atoms with Crippen LogP contribution in [0.4, 0.5) is 10.8 Å². The van der Waals surface area contributed by atoms with Gasteiger partial charge in [-0.3, -0.25) is 19.8 Å². The number of methoxy groups -OCH3 is 1. The maximum Gasteiger partial charge on any atom is 0.270 e. The average molecular weight is 534 g/mol. The van der Waals surface area contributed by atoms with Crippen molar-refractivity contribution < 1.29 is 14.5 Å². The standard InChI is InChI=1S/C23H20ClN5O4S.ClH/c1-33-19-8-7-18(24)22-21(19)26-23(34-22)28(12-3-11-27-13-10-25-15-27)20(30)9-6-16-4-2-5-17(14-16)29(31)32;/h2,4-10,13-15H,3,11-12H2,1H3;1H/b9-6+;. The Kier molecular flexibility index (Phi) is 8.80. The van der Waals surface area contributed by atoms with E-state index in [-0.39, 0.29) is 24.0 Å². The third-order valence-electron chi connectivity index (χ3n) is 5.02. The average Bonchev–Trinajstić information content (AvgIpc) is 3.51. The number of non-ortho nitro benzene ring substituents is 1. The van der Waals surface area contributed by atoms with E-state index < -0.39 is 4.92 Å². The van der Waals surface area contributed by atoms with Gasteiger partial charge in [0.15, 0.2) is 5.13 Å². The number of benzene rings is 2. The lowest BCUT2D eigenvalue weighted by Gasteiger charge is -2.18. The van der Waals surface area contributed by atoms with Crippen molar-refractivity contribution in [1.29, 1.82) is 0 Å². The van der Waals surface area contributed by atoms with Gasteiger partial charge in [0.1, 0.15) is 11.3 Å². The molecule has 0 N–H and O–H groups in total. The van der Waals surface area contributed by atoms with E-state index in [1.807, 2.05) is 10.8 Å². The van der Waals surface area contributed by atoms with Crippen LogP contribution in [0.1, 0.15) is 12.0 Å². The van der Waals surface area contributed by atoms with Gasteiger partial charge >= 0.3 is 0 Å². The predicted octanol–water partition coefficient (Wildman–Crippen LogP) is 5.62. The molecule has 0 bridgehead atoms. The summed E-state index contributed by atoms with van der Waals surface area (Å²) in [7, 11) is 1.55. The van der Waals surface area contributed by atoms with E-state index in [1.54, 1.807) is 54.9 Å². The maximum atomic E-state index is 13.2. The zero-order valence-corrected chi connectivity index (χ0v) is 20.9. The Morgan fingerprint density at radius 2 is 2.17 bits per heavy atom. The van der Waals surface area contributed by atoms with E-state index in [0.29, 0.717) is 46.5 Å². The minimum Gasteiger partial charge on any atom is -0.494 e. The number of aromatic nitrogens is 3. The first-order chi connectivity index (χ1) is 16.5. The topological polar surface area (TPSA) is 103 Å².